The van der Waals surface area contributed by atoms with Crippen molar-refractivity contribution in [3.8, 4) is 0 Å². The molecule has 0 fully saturated rings. The Bertz CT molecular complexity index is 150. The van der Waals surface area contributed by atoms with Crippen molar-refractivity contribution < 1.29 is 9.59 Å². The average Bonchev–Trinajstić information content (AvgIpc) is 2.00. The van der Waals surface area contributed by atoms with Crippen LogP contribution in [0, 0.1) is 0 Å². The molecule has 11 heavy (non-hydrogen) atoms. The maximum Gasteiger partial charge on any atom is 0.331 e. The quantitative estimate of drug-likeness (QED) is 0.708. The molecule has 3 amide bonds. The third-order valence-electron chi connectivity index (χ3n) is 1.10. The number of carbonyl (C=O) groups excluding carboxylic acids is 2. The normalized spacial score (nSPS) is 8.91. The molecule has 0 radical (unpaired) electrons. The lowest BCUT2D eigenvalue weighted by Crippen LogP contribution is -2.34. The van der Waals surface area contributed by atoms with E-state index in [2.05, 4.69) is 25.8 Å². The van der Waals surface area contributed by atoms with Gasteiger partial charge in [-0.15, -0.1) is 0 Å². The van der Waals surface area contributed by atoms with Crippen molar-refractivity contribution in [3.63, 3.8) is 0 Å². The SMILES string of the molecule is CCCCC(=O)NC(=O)NBr. The van der Waals surface area contributed by atoms with Crippen LogP contribution in [0.3, 0.4) is 0 Å². The van der Waals surface area contributed by atoms with Crippen molar-refractivity contribution in [1.82, 2.24) is 9.66 Å². The van der Waals surface area contributed by atoms with Gasteiger partial charge in [0.05, 0.1) is 16.1 Å². The summed E-state index contributed by atoms with van der Waals surface area (Å²) in [6, 6.07) is -0.522. The molecule has 0 saturated carbocycles. The van der Waals surface area contributed by atoms with Gasteiger partial charge in [-0.05, 0) is 6.42 Å². The first-order valence-electron chi connectivity index (χ1n) is 3.41. The van der Waals surface area contributed by atoms with Crippen LogP contribution in [0.1, 0.15) is 26.2 Å². The highest BCUT2D eigenvalue weighted by Crippen LogP contribution is 1.92. The number of urea groups is 1. The fourth-order valence-electron chi connectivity index (χ4n) is 0.550. The van der Waals surface area contributed by atoms with Gasteiger partial charge in [-0.25, -0.2) is 4.79 Å². The van der Waals surface area contributed by atoms with E-state index in [0.717, 1.165) is 12.8 Å². The molecule has 0 aromatic heterocycles. The van der Waals surface area contributed by atoms with E-state index < -0.39 is 6.03 Å². The summed E-state index contributed by atoms with van der Waals surface area (Å²) in [5, 5.41) is 2.13. The first-order valence-corrected chi connectivity index (χ1v) is 4.20. The summed E-state index contributed by atoms with van der Waals surface area (Å²) in [5.41, 5.74) is 0. The molecule has 2 N–H and O–H groups in total. The van der Waals surface area contributed by atoms with E-state index >= 15 is 0 Å². The molecule has 0 aromatic carbocycles. The van der Waals surface area contributed by atoms with Crippen LogP contribution in [0.15, 0.2) is 0 Å². The maximum atomic E-state index is 10.8. The third kappa shape index (κ3) is 5.84. The molecule has 0 aliphatic carbocycles. The summed E-state index contributed by atoms with van der Waals surface area (Å²) in [7, 11) is 0. The number of imide groups is 1. The highest BCUT2D eigenvalue weighted by Gasteiger charge is 2.03. The molecule has 0 aliphatic rings. The topological polar surface area (TPSA) is 58.2 Å². The Labute approximate surface area is 74.1 Å². The molecule has 0 atom stereocenters. The van der Waals surface area contributed by atoms with Gasteiger partial charge in [0.1, 0.15) is 0 Å². The van der Waals surface area contributed by atoms with Gasteiger partial charge in [-0.3, -0.25) is 14.5 Å². The molecule has 0 aromatic rings. The van der Waals surface area contributed by atoms with Gasteiger partial charge in [0, 0.05) is 6.42 Å². The average molecular weight is 223 g/mol. The molecule has 0 rings (SSSR count). The minimum absolute atomic E-state index is 0.246. The number of rotatable bonds is 3. The van der Waals surface area contributed by atoms with E-state index in [0.29, 0.717) is 6.42 Å². The molecule has 0 aliphatic heterocycles. The maximum absolute atomic E-state index is 10.8. The van der Waals surface area contributed by atoms with Crippen LogP contribution in [0.2, 0.25) is 0 Å². The van der Waals surface area contributed by atoms with E-state index in [-0.39, 0.29) is 5.91 Å². The zero-order chi connectivity index (χ0) is 8.69. The summed E-state index contributed by atoms with van der Waals surface area (Å²) in [6.07, 6.45) is 2.15. The van der Waals surface area contributed by atoms with Gasteiger partial charge in [0.2, 0.25) is 5.91 Å². The first-order chi connectivity index (χ1) is 5.20. The summed E-state index contributed by atoms with van der Waals surface area (Å²) in [5.74, 6) is -0.246. The number of nitrogens with one attached hydrogen (secondary N) is 2. The van der Waals surface area contributed by atoms with Crippen molar-refractivity contribution in [2.45, 2.75) is 26.2 Å². The molecule has 64 valence electrons. The fraction of sp³-hybridized carbons (Fsp3) is 0.667. The Hall–Kier alpha value is -0.580. The number of carbonyl (C=O) groups is 2. The van der Waals surface area contributed by atoms with Gasteiger partial charge in [0.15, 0.2) is 0 Å². The largest absolute Gasteiger partial charge is 0.331 e. The zero-order valence-corrected chi connectivity index (χ0v) is 7.90. The van der Waals surface area contributed by atoms with Crippen molar-refractivity contribution in [1.29, 1.82) is 0 Å². The number of unbranched alkanes of at least 4 members (excludes halogenated alkanes) is 1. The molecule has 0 spiro atoms. The summed E-state index contributed by atoms with van der Waals surface area (Å²) in [6.45, 7) is 1.98. The van der Waals surface area contributed by atoms with Gasteiger partial charge in [-0.1, -0.05) is 13.3 Å². The summed E-state index contributed by atoms with van der Waals surface area (Å²) < 4.78 is 2.11. The predicted molar refractivity (Wildman–Crippen MR) is 45.1 cm³/mol. The van der Waals surface area contributed by atoms with E-state index in [1.165, 1.54) is 0 Å². The molecular formula is C6H11BrN2O2. The number of halogens is 1. The van der Waals surface area contributed by atoms with Crippen LogP contribution < -0.4 is 9.66 Å². The van der Waals surface area contributed by atoms with E-state index in [9.17, 15) is 9.59 Å². The van der Waals surface area contributed by atoms with Gasteiger partial charge < -0.3 is 0 Å². The molecular weight excluding hydrogens is 212 g/mol. The lowest BCUT2D eigenvalue weighted by atomic mass is 10.2. The number of amides is 3. The third-order valence-corrected chi connectivity index (χ3v) is 1.46. The summed E-state index contributed by atoms with van der Waals surface area (Å²) in [4.78, 5) is 21.3. The zero-order valence-electron chi connectivity index (χ0n) is 6.32. The van der Waals surface area contributed by atoms with Gasteiger partial charge in [-0.2, -0.15) is 0 Å². The van der Waals surface area contributed by atoms with Crippen molar-refractivity contribution in [3.05, 3.63) is 0 Å². The highest BCUT2D eigenvalue weighted by atomic mass is 79.9. The minimum atomic E-state index is -0.522. The number of hydrogen-bond donors (Lipinski definition) is 2. The summed E-state index contributed by atoms with van der Waals surface area (Å²) >= 11 is 2.70. The van der Waals surface area contributed by atoms with Crippen LogP contribution in [-0.2, 0) is 4.79 Å². The Balaban J connectivity index is 3.44. The molecule has 0 bridgehead atoms. The molecule has 4 nitrogen and oxygen atoms in total. The number of hydrogen-bond acceptors (Lipinski definition) is 2. The fourth-order valence-corrected chi connectivity index (χ4v) is 0.649. The Morgan fingerprint density at radius 2 is 2.09 bits per heavy atom. The monoisotopic (exact) mass is 222 g/mol. The van der Waals surface area contributed by atoms with E-state index in [1.54, 1.807) is 0 Å². The van der Waals surface area contributed by atoms with Crippen LogP contribution in [0.4, 0.5) is 4.79 Å². The second-order valence-corrected chi connectivity index (χ2v) is 2.47. The predicted octanol–water partition coefficient (Wildman–Crippen LogP) is 1.31. The van der Waals surface area contributed by atoms with Crippen LogP contribution in [0.25, 0.3) is 0 Å². The molecule has 5 heteroatoms. The van der Waals surface area contributed by atoms with Gasteiger partial charge in [0.25, 0.3) is 0 Å². The molecule has 0 heterocycles. The smallest absolute Gasteiger partial charge is 0.277 e. The van der Waals surface area contributed by atoms with E-state index in [4.69, 9.17) is 0 Å². The Morgan fingerprint density at radius 3 is 2.55 bits per heavy atom. The second kappa shape index (κ2) is 6.15. The van der Waals surface area contributed by atoms with Crippen molar-refractivity contribution in [2.24, 2.45) is 0 Å². The Morgan fingerprint density at radius 1 is 1.45 bits per heavy atom. The first kappa shape index (κ1) is 10.4. The minimum Gasteiger partial charge on any atom is -0.277 e. The van der Waals surface area contributed by atoms with Crippen LogP contribution >= 0.6 is 16.1 Å². The van der Waals surface area contributed by atoms with Crippen molar-refractivity contribution >= 4 is 28.1 Å². The van der Waals surface area contributed by atoms with Crippen LogP contribution in [0.5, 0.6) is 0 Å². The lowest BCUT2D eigenvalue weighted by molar-refractivity contribution is -0.120. The Kier molecular flexibility index (Phi) is 5.83. The van der Waals surface area contributed by atoms with E-state index in [1.807, 2.05) is 6.92 Å². The van der Waals surface area contributed by atoms with Crippen molar-refractivity contribution in [2.75, 3.05) is 0 Å². The standard InChI is InChI=1S/C6H11BrN2O2/c1-2-3-4-5(10)8-6(11)9-7/h2-4H2,1H3,(H2,8,9,10,11). The highest BCUT2D eigenvalue weighted by molar-refractivity contribution is 9.08. The molecule has 0 saturated heterocycles. The second-order valence-electron chi connectivity index (χ2n) is 2.08. The molecule has 0 unspecified atom stereocenters. The lowest BCUT2D eigenvalue weighted by Gasteiger charge is -1.99. The van der Waals surface area contributed by atoms with Crippen LogP contribution in [-0.4, -0.2) is 11.9 Å². The van der Waals surface area contributed by atoms with Gasteiger partial charge >= 0.3 is 6.03 Å².